The van der Waals surface area contributed by atoms with E-state index in [9.17, 15) is 14.9 Å². The highest BCUT2D eigenvalue weighted by molar-refractivity contribution is 6.31. The van der Waals surface area contributed by atoms with Gasteiger partial charge in [0, 0.05) is 32.8 Å². The van der Waals surface area contributed by atoms with E-state index in [4.69, 9.17) is 21.1 Å². The number of para-hydroxylation sites is 1. The molecule has 5 rings (SSSR count). The standard InChI is InChI=1S/C26H24ClN3O5/c1-15-23(24(30(32)33)26(29-15)18-8-4-6-10-20(18)28-25(26)31)16-11-12-21(22(13-16)34-2)35-14-17-7-3-5-9-19(17)27/h3-13,15,23-24,29H,14H2,1-2H3,(H,28,31)/t15-,23-,24-,26-/m0/s1. The third kappa shape index (κ3) is 3.69. The van der Waals surface area contributed by atoms with Crippen LogP contribution < -0.4 is 20.1 Å². The Morgan fingerprint density at radius 3 is 2.57 bits per heavy atom. The summed E-state index contributed by atoms with van der Waals surface area (Å²) in [5.41, 5.74) is 1.23. The van der Waals surface area contributed by atoms with Gasteiger partial charge in [-0.2, -0.15) is 0 Å². The minimum absolute atomic E-state index is 0.244. The number of ether oxygens (including phenoxy) is 2. The van der Waals surface area contributed by atoms with Crippen LogP contribution in [0.25, 0.3) is 0 Å². The summed E-state index contributed by atoms with van der Waals surface area (Å²) in [6.07, 6.45) is 0. The first-order valence-corrected chi connectivity index (χ1v) is 11.6. The molecule has 2 heterocycles. The Kier molecular flexibility index (Phi) is 5.86. The average Bonchev–Trinajstić information content (AvgIpc) is 3.32. The molecule has 35 heavy (non-hydrogen) atoms. The Morgan fingerprint density at radius 1 is 1.09 bits per heavy atom. The number of halogens is 1. The summed E-state index contributed by atoms with van der Waals surface area (Å²) in [4.78, 5) is 25.3. The molecule has 0 aromatic heterocycles. The SMILES string of the molecule is COc1cc([C@@H]2[C@H](C)N[C@]3(C(=O)Nc4ccccc43)[C@H]2[N+](=O)[O-])ccc1OCc1ccccc1Cl. The van der Waals surface area contributed by atoms with Gasteiger partial charge >= 0.3 is 0 Å². The second-order valence-corrected chi connectivity index (χ2v) is 9.19. The van der Waals surface area contributed by atoms with Crippen molar-refractivity contribution >= 4 is 23.2 Å². The Morgan fingerprint density at radius 2 is 1.83 bits per heavy atom. The van der Waals surface area contributed by atoms with Crippen molar-refractivity contribution in [3.8, 4) is 11.5 Å². The number of nitro groups is 1. The number of carbonyl (C=O) groups is 1. The first kappa shape index (κ1) is 23.1. The molecule has 0 bridgehead atoms. The van der Waals surface area contributed by atoms with Crippen LogP contribution in [-0.4, -0.2) is 30.0 Å². The van der Waals surface area contributed by atoms with E-state index in [1.165, 1.54) is 7.11 Å². The molecule has 4 atom stereocenters. The molecule has 8 nitrogen and oxygen atoms in total. The van der Waals surface area contributed by atoms with E-state index in [0.29, 0.717) is 33.3 Å². The van der Waals surface area contributed by atoms with E-state index < -0.39 is 23.4 Å². The van der Waals surface area contributed by atoms with Gasteiger partial charge in [0.1, 0.15) is 6.61 Å². The van der Waals surface area contributed by atoms with Crippen LogP contribution in [0.1, 0.15) is 29.5 Å². The summed E-state index contributed by atoms with van der Waals surface area (Å²) in [6.45, 7) is 2.10. The molecule has 1 amide bonds. The topological polar surface area (TPSA) is 103 Å². The number of benzene rings is 3. The van der Waals surface area contributed by atoms with E-state index in [-0.39, 0.29) is 17.6 Å². The first-order valence-electron chi connectivity index (χ1n) is 11.2. The van der Waals surface area contributed by atoms with E-state index in [2.05, 4.69) is 10.6 Å². The zero-order chi connectivity index (χ0) is 24.7. The maximum atomic E-state index is 13.2. The minimum atomic E-state index is -1.46. The summed E-state index contributed by atoms with van der Waals surface area (Å²) in [5.74, 6) is -0.0676. The summed E-state index contributed by atoms with van der Waals surface area (Å²) < 4.78 is 11.5. The molecular weight excluding hydrogens is 470 g/mol. The summed E-state index contributed by atoms with van der Waals surface area (Å²) in [6, 6.07) is 18.2. The zero-order valence-corrected chi connectivity index (χ0v) is 19.9. The summed E-state index contributed by atoms with van der Waals surface area (Å²) in [5, 5.41) is 19.2. The molecule has 1 fully saturated rings. The highest BCUT2D eigenvalue weighted by atomic mass is 35.5. The van der Waals surface area contributed by atoms with Crippen LogP contribution in [0.3, 0.4) is 0 Å². The van der Waals surface area contributed by atoms with E-state index in [1.807, 2.05) is 25.1 Å². The second-order valence-electron chi connectivity index (χ2n) is 8.79. The van der Waals surface area contributed by atoms with Crippen molar-refractivity contribution in [3.63, 3.8) is 0 Å². The number of hydrogen-bond acceptors (Lipinski definition) is 6. The van der Waals surface area contributed by atoms with Crippen LogP contribution in [0.4, 0.5) is 5.69 Å². The van der Waals surface area contributed by atoms with Gasteiger partial charge in [-0.3, -0.25) is 20.2 Å². The van der Waals surface area contributed by atoms with Gasteiger partial charge < -0.3 is 14.8 Å². The molecule has 2 aliphatic heterocycles. The fourth-order valence-corrected chi connectivity index (χ4v) is 5.53. The average molecular weight is 494 g/mol. The lowest BCUT2D eigenvalue weighted by molar-refractivity contribution is -0.532. The maximum absolute atomic E-state index is 13.2. The number of methoxy groups -OCH3 is 1. The molecule has 0 aliphatic carbocycles. The molecule has 9 heteroatoms. The van der Waals surface area contributed by atoms with Crippen LogP contribution >= 0.6 is 11.6 Å². The highest BCUT2D eigenvalue weighted by Gasteiger charge is 2.67. The van der Waals surface area contributed by atoms with Gasteiger partial charge in [0.15, 0.2) is 17.0 Å². The number of fused-ring (bicyclic) bond motifs is 2. The van der Waals surface area contributed by atoms with Gasteiger partial charge in [-0.15, -0.1) is 0 Å². The van der Waals surface area contributed by atoms with Crippen LogP contribution in [0, 0.1) is 10.1 Å². The summed E-state index contributed by atoms with van der Waals surface area (Å²) in [7, 11) is 1.52. The molecule has 0 saturated carbocycles. The Hall–Kier alpha value is -3.62. The number of hydrogen-bond donors (Lipinski definition) is 2. The Bertz CT molecular complexity index is 1320. The second kappa shape index (κ2) is 8.87. The fourth-order valence-electron chi connectivity index (χ4n) is 5.34. The first-order chi connectivity index (χ1) is 16.9. The van der Waals surface area contributed by atoms with Crippen LogP contribution in [0.15, 0.2) is 66.7 Å². The lowest BCUT2D eigenvalue weighted by atomic mass is 9.78. The quantitative estimate of drug-likeness (QED) is 0.387. The number of nitrogens with zero attached hydrogens (tertiary/aromatic N) is 1. The number of carbonyl (C=O) groups excluding carboxylic acids is 1. The minimum Gasteiger partial charge on any atom is -0.493 e. The predicted molar refractivity (Wildman–Crippen MR) is 132 cm³/mol. The molecule has 0 radical (unpaired) electrons. The molecule has 0 unspecified atom stereocenters. The molecule has 3 aromatic rings. The van der Waals surface area contributed by atoms with Gasteiger partial charge in [-0.1, -0.05) is 54.1 Å². The van der Waals surface area contributed by atoms with Crippen molar-refractivity contribution < 1.29 is 19.2 Å². The maximum Gasteiger partial charge on any atom is 0.256 e. The number of rotatable bonds is 6. The van der Waals surface area contributed by atoms with Crippen LogP contribution in [0.2, 0.25) is 5.02 Å². The van der Waals surface area contributed by atoms with Crippen LogP contribution in [-0.2, 0) is 16.9 Å². The Balaban J connectivity index is 1.50. The predicted octanol–water partition coefficient (Wildman–Crippen LogP) is 4.50. The van der Waals surface area contributed by atoms with Crippen LogP contribution in [0.5, 0.6) is 11.5 Å². The molecular formula is C26H24ClN3O5. The number of nitrogens with one attached hydrogen (secondary N) is 2. The van der Waals surface area contributed by atoms with Gasteiger partial charge in [0.05, 0.1) is 13.0 Å². The smallest absolute Gasteiger partial charge is 0.256 e. The lowest BCUT2D eigenvalue weighted by Crippen LogP contribution is -2.54. The van der Waals surface area contributed by atoms with Crippen molar-refractivity contribution in [2.24, 2.45) is 0 Å². The van der Waals surface area contributed by atoms with Gasteiger partial charge in [-0.05, 0) is 36.8 Å². The molecule has 180 valence electrons. The Labute approximate surface area is 207 Å². The van der Waals surface area contributed by atoms with Crippen molar-refractivity contribution in [2.45, 2.75) is 37.1 Å². The van der Waals surface area contributed by atoms with Crippen molar-refractivity contribution in [1.29, 1.82) is 0 Å². The third-order valence-corrected chi connectivity index (χ3v) is 7.25. The highest BCUT2D eigenvalue weighted by Crippen LogP contribution is 2.50. The number of anilines is 1. The van der Waals surface area contributed by atoms with Crippen molar-refractivity contribution in [3.05, 3.63) is 98.6 Å². The third-order valence-electron chi connectivity index (χ3n) is 6.88. The largest absolute Gasteiger partial charge is 0.493 e. The lowest BCUT2D eigenvalue weighted by Gasteiger charge is -2.25. The fraction of sp³-hybridized carbons (Fsp3) is 0.269. The number of amides is 1. The van der Waals surface area contributed by atoms with E-state index >= 15 is 0 Å². The van der Waals surface area contributed by atoms with E-state index in [1.54, 1.807) is 48.5 Å². The van der Waals surface area contributed by atoms with Gasteiger partial charge in [0.25, 0.3) is 11.9 Å². The van der Waals surface area contributed by atoms with Gasteiger partial charge in [-0.25, -0.2) is 0 Å². The van der Waals surface area contributed by atoms with E-state index in [0.717, 1.165) is 5.56 Å². The molecule has 2 N–H and O–H groups in total. The molecule has 2 aliphatic rings. The van der Waals surface area contributed by atoms with Crippen molar-refractivity contribution in [1.82, 2.24) is 5.32 Å². The molecule has 1 spiro atoms. The van der Waals surface area contributed by atoms with Gasteiger partial charge in [0.2, 0.25) is 0 Å². The molecule has 1 saturated heterocycles. The normalized spacial score (nSPS) is 24.8. The molecule has 3 aromatic carbocycles. The zero-order valence-electron chi connectivity index (χ0n) is 19.2. The van der Waals surface area contributed by atoms with Crippen molar-refractivity contribution in [2.75, 3.05) is 12.4 Å². The summed E-state index contributed by atoms with van der Waals surface area (Å²) >= 11 is 6.23. The monoisotopic (exact) mass is 493 g/mol.